The maximum absolute atomic E-state index is 11.1. The number of hydrogen-bond acceptors (Lipinski definition) is 2. The number of carbonyl (C=O) groups excluding carboxylic acids is 1. The van der Waals surface area contributed by atoms with Gasteiger partial charge >= 0.3 is 5.97 Å². The van der Waals surface area contributed by atoms with Crippen molar-refractivity contribution in [3.05, 3.63) is 0 Å². The van der Waals surface area contributed by atoms with Crippen molar-refractivity contribution in [2.75, 3.05) is 0 Å². The SMILES string of the molecule is CCCC(OC(C)=O)C1(C)CCCCC1. The molecule has 1 saturated carbocycles. The first-order valence-corrected chi connectivity index (χ1v) is 6.26. The molecule has 0 aromatic heterocycles. The highest BCUT2D eigenvalue weighted by Gasteiger charge is 2.36. The molecule has 0 aliphatic heterocycles. The zero-order valence-electron chi connectivity index (χ0n) is 10.3. The Morgan fingerprint density at radius 1 is 1.33 bits per heavy atom. The van der Waals surface area contributed by atoms with Crippen LogP contribution in [0, 0.1) is 5.41 Å². The summed E-state index contributed by atoms with van der Waals surface area (Å²) in [6, 6.07) is 0. The molecule has 0 aromatic rings. The fourth-order valence-corrected chi connectivity index (χ4v) is 2.69. The van der Waals surface area contributed by atoms with Gasteiger partial charge in [0.05, 0.1) is 0 Å². The van der Waals surface area contributed by atoms with Crippen LogP contribution in [0.5, 0.6) is 0 Å². The lowest BCUT2D eigenvalue weighted by Crippen LogP contribution is -2.37. The molecule has 1 aliphatic rings. The average molecular weight is 212 g/mol. The van der Waals surface area contributed by atoms with Gasteiger partial charge in [-0.25, -0.2) is 0 Å². The molecule has 2 nitrogen and oxygen atoms in total. The molecule has 0 aromatic carbocycles. The molecule has 0 amide bonds. The fraction of sp³-hybridized carbons (Fsp3) is 0.923. The molecule has 88 valence electrons. The maximum Gasteiger partial charge on any atom is 0.302 e. The van der Waals surface area contributed by atoms with Crippen LogP contribution in [0.15, 0.2) is 0 Å². The molecule has 2 heteroatoms. The lowest BCUT2D eigenvalue weighted by molar-refractivity contribution is -0.155. The van der Waals surface area contributed by atoms with Crippen molar-refractivity contribution in [3.63, 3.8) is 0 Å². The Morgan fingerprint density at radius 3 is 2.40 bits per heavy atom. The lowest BCUT2D eigenvalue weighted by Gasteiger charge is -2.40. The van der Waals surface area contributed by atoms with Crippen molar-refractivity contribution in [1.29, 1.82) is 0 Å². The van der Waals surface area contributed by atoms with Crippen molar-refractivity contribution >= 4 is 5.97 Å². The lowest BCUT2D eigenvalue weighted by atomic mass is 9.70. The zero-order valence-corrected chi connectivity index (χ0v) is 10.3. The second-order valence-electron chi connectivity index (χ2n) is 5.10. The van der Waals surface area contributed by atoms with Crippen LogP contribution in [-0.4, -0.2) is 12.1 Å². The topological polar surface area (TPSA) is 26.3 Å². The van der Waals surface area contributed by atoms with Gasteiger partial charge < -0.3 is 4.74 Å². The van der Waals surface area contributed by atoms with E-state index in [1.54, 1.807) is 0 Å². The summed E-state index contributed by atoms with van der Waals surface area (Å²) in [7, 11) is 0. The van der Waals surface area contributed by atoms with Crippen molar-refractivity contribution < 1.29 is 9.53 Å². The standard InChI is InChI=1S/C13H24O2/c1-4-8-12(15-11(2)14)13(3)9-6-5-7-10-13/h12H,4-10H2,1-3H3. The highest BCUT2D eigenvalue weighted by molar-refractivity contribution is 5.66. The first-order chi connectivity index (χ1) is 7.08. The van der Waals surface area contributed by atoms with Gasteiger partial charge in [-0.15, -0.1) is 0 Å². The fourth-order valence-electron chi connectivity index (χ4n) is 2.69. The summed E-state index contributed by atoms with van der Waals surface area (Å²) in [5.41, 5.74) is 0.236. The van der Waals surface area contributed by atoms with E-state index in [2.05, 4.69) is 13.8 Å². The normalized spacial score (nSPS) is 22.1. The highest BCUT2D eigenvalue weighted by Crippen LogP contribution is 2.41. The predicted molar refractivity (Wildman–Crippen MR) is 61.7 cm³/mol. The van der Waals surface area contributed by atoms with Crippen LogP contribution in [0.2, 0.25) is 0 Å². The molecule has 15 heavy (non-hydrogen) atoms. The van der Waals surface area contributed by atoms with E-state index in [0.717, 1.165) is 12.8 Å². The van der Waals surface area contributed by atoms with Crippen LogP contribution >= 0.6 is 0 Å². The van der Waals surface area contributed by atoms with Gasteiger partial charge in [0.25, 0.3) is 0 Å². The first kappa shape index (κ1) is 12.5. The summed E-state index contributed by atoms with van der Waals surface area (Å²) in [5, 5.41) is 0. The molecule has 1 fully saturated rings. The summed E-state index contributed by atoms with van der Waals surface area (Å²) in [6.07, 6.45) is 8.59. The summed E-state index contributed by atoms with van der Waals surface area (Å²) in [4.78, 5) is 11.1. The molecule has 1 rings (SSSR count). The minimum atomic E-state index is -0.125. The van der Waals surface area contributed by atoms with Crippen molar-refractivity contribution in [1.82, 2.24) is 0 Å². The monoisotopic (exact) mass is 212 g/mol. The van der Waals surface area contributed by atoms with E-state index in [1.807, 2.05) is 0 Å². The summed E-state index contributed by atoms with van der Waals surface area (Å²) in [5.74, 6) is -0.125. The minimum Gasteiger partial charge on any atom is -0.462 e. The van der Waals surface area contributed by atoms with Crippen LogP contribution in [-0.2, 0) is 9.53 Å². The quantitative estimate of drug-likeness (QED) is 0.664. The van der Waals surface area contributed by atoms with Gasteiger partial charge in [-0.2, -0.15) is 0 Å². The number of ether oxygens (including phenoxy) is 1. The van der Waals surface area contributed by atoms with Gasteiger partial charge in [-0.1, -0.05) is 39.5 Å². The molecule has 0 spiro atoms. The third-order valence-corrected chi connectivity index (χ3v) is 3.63. The van der Waals surface area contributed by atoms with E-state index < -0.39 is 0 Å². The molecular formula is C13H24O2. The van der Waals surface area contributed by atoms with Gasteiger partial charge in [0.1, 0.15) is 6.10 Å². The molecule has 0 N–H and O–H groups in total. The van der Waals surface area contributed by atoms with E-state index in [4.69, 9.17) is 4.74 Å². The smallest absolute Gasteiger partial charge is 0.302 e. The average Bonchev–Trinajstić information content (AvgIpc) is 2.18. The molecule has 1 aliphatic carbocycles. The second kappa shape index (κ2) is 5.53. The van der Waals surface area contributed by atoms with Crippen molar-refractivity contribution in [2.24, 2.45) is 5.41 Å². The van der Waals surface area contributed by atoms with Crippen LogP contribution in [0.3, 0.4) is 0 Å². The van der Waals surface area contributed by atoms with Gasteiger partial charge in [0.2, 0.25) is 0 Å². The Balaban J connectivity index is 2.62. The van der Waals surface area contributed by atoms with Crippen LogP contribution in [0.4, 0.5) is 0 Å². The van der Waals surface area contributed by atoms with Crippen LogP contribution in [0.1, 0.15) is 65.7 Å². The van der Waals surface area contributed by atoms with E-state index in [1.165, 1.54) is 39.0 Å². The summed E-state index contributed by atoms with van der Waals surface area (Å²) >= 11 is 0. The third kappa shape index (κ3) is 3.51. The Kier molecular flexibility index (Phi) is 4.62. The Bertz CT molecular complexity index is 205. The van der Waals surface area contributed by atoms with Crippen LogP contribution < -0.4 is 0 Å². The van der Waals surface area contributed by atoms with E-state index >= 15 is 0 Å². The third-order valence-electron chi connectivity index (χ3n) is 3.63. The van der Waals surface area contributed by atoms with E-state index in [0.29, 0.717) is 0 Å². The second-order valence-corrected chi connectivity index (χ2v) is 5.10. The van der Waals surface area contributed by atoms with Crippen LogP contribution in [0.25, 0.3) is 0 Å². The predicted octanol–water partition coefficient (Wildman–Crippen LogP) is 3.69. The summed E-state index contributed by atoms with van der Waals surface area (Å²) < 4.78 is 5.49. The van der Waals surface area contributed by atoms with Crippen molar-refractivity contribution in [3.8, 4) is 0 Å². The molecule has 0 heterocycles. The van der Waals surface area contributed by atoms with E-state index in [-0.39, 0.29) is 17.5 Å². The van der Waals surface area contributed by atoms with E-state index in [9.17, 15) is 4.79 Å². The molecule has 1 atom stereocenters. The maximum atomic E-state index is 11.1. The number of hydrogen-bond donors (Lipinski definition) is 0. The molecule has 0 bridgehead atoms. The van der Waals surface area contributed by atoms with Gasteiger partial charge in [-0.05, 0) is 19.3 Å². The first-order valence-electron chi connectivity index (χ1n) is 6.26. The molecule has 0 radical (unpaired) electrons. The largest absolute Gasteiger partial charge is 0.462 e. The zero-order chi connectivity index (χ0) is 11.3. The number of esters is 1. The van der Waals surface area contributed by atoms with Gasteiger partial charge in [0.15, 0.2) is 0 Å². The highest BCUT2D eigenvalue weighted by atomic mass is 16.5. The number of rotatable bonds is 4. The molecular weight excluding hydrogens is 188 g/mol. The van der Waals surface area contributed by atoms with Gasteiger partial charge in [-0.3, -0.25) is 4.79 Å². The Labute approximate surface area is 93.4 Å². The summed E-state index contributed by atoms with van der Waals surface area (Å²) in [6.45, 7) is 5.97. The Morgan fingerprint density at radius 2 is 1.93 bits per heavy atom. The number of carbonyl (C=O) groups is 1. The molecule has 1 unspecified atom stereocenters. The minimum absolute atomic E-state index is 0.125. The van der Waals surface area contributed by atoms with Gasteiger partial charge in [0, 0.05) is 12.3 Å². The van der Waals surface area contributed by atoms with Crippen molar-refractivity contribution in [2.45, 2.75) is 71.8 Å². The molecule has 0 saturated heterocycles. The Hall–Kier alpha value is -0.530.